The van der Waals surface area contributed by atoms with Crippen molar-refractivity contribution in [1.29, 1.82) is 0 Å². The monoisotopic (exact) mass is 365 g/mol. The van der Waals surface area contributed by atoms with E-state index in [0.717, 1.165) is 45.2 Å². The third-order valence-electron chi connectivity index (χ3n) is 5.08. The number of hydrogen-bond acceptors (Lipinski definition) is 4. The van der Waals surface area contributed by atoms with Crippen molar-refractivity contribution in [1.82, 2.24) is 20.4 Å². The van der Waals surface area contributed by atoms with Crippen molar-refractivity contribution in [3.63, 3.8) is 0 Å². The minimum atomic E-state index is 0.497. The molecule has 0 aliphatic carbocycles. The van der Waals surface area contributed by atoms with Gasteiger partial charge in [0.2, 0.25) is 0 Å². The Kier molecular flexibility index (Phi) is 8.19. The van der Waals surface area contributed by atoms with Gasteiger partial charge < -0.3 is 15.5 Å². The first-order chi connectivity index (χ1) is 12.0. The Morgan fingerprint density at radius 1 is 1.16 bits per heavy atom. The number of aliphatic imine (C=N–C) groups is 1. The van der Waals surface area contributed by atoms with E-state index in [1.54, 1.807) is 0 Å². The normalized spacial score (nSPS) is 19.8. The molecule has 0 spiro atoms. The lowest BCUT2D eigenvalue weighted by Crippen LogP contribution is -2.55. The standard InChI is InChI=1S/C19H35N5S/c1-15(2)17(24-10-8-23(5)9-11-24)14-22-19(20-4)21-13-16(3)18-7-6-12-25-18/h6-7,12,15-17H,8-11,13-14H2,1-5H3,(H2,20,21,22). The molecule has 25 heavy (non-hydrogen) atoms. The van der Waals surface area contributed by atoms with Gasteiger partial charge in [-0.2, -0.15) is 0 Å². The highest BCUT2D eigenvalue weighted by molar-refractivity contribution is 7.10. The summed E-state index contributed by atoms with van der Waals surface area (Å²) in [5, 5.41) is 9.17. The van der Waals surface area contributed by atoms with E-state index in [-0.39, 0.29) is 0 Å². The van der Waals surface area contributed by atoms with E-state index in [9.17, 15) is 0 Å². The van der Waals surface area contributed by atoms with Gasteiger partial charge in [0.1, 0.15) is 0 Å². The van der Waals surface area contributed by atoms with Crippen LogP contribution in [0.1, 0.15) is 31.6 Å². The average molecular weight is 366 g/mol. The van der Waals surface area contributed by atoms with Crippen molar-refractivity contribution >= 4 is 17.3 Å². The molecule has 0 amide bonds. The Morgan fingerprint density at radius 2 is 1.84 bits per heavy atom. The third-order valence-corrected chi connectivity index (χ3v) is 6.19. The zero-order valence-electron chi connectivity index (χ0n) is 16.5. The van der Waals surface area contributed by atoms with E-state index in [4.69, 9.17) is 0 Å². The van der Waals surface area contributed by atoms with Crippen LogP contribution in [0, 0.1) is 5.92 Å². The fourth-order valence-corrected chi connectivity index (χ4v) is 4.07. The van der Waals surface area contributed by atoms with Crippen LogP contribution in [-0.2, 0) is 0 Å². The molecule has 2 heterocycles. The van der Waals surface area contributed by atoms with Crippen LogP contribution < -0.4 is 10.6 Å². The molecule has 1 aliphatic rings. The van der Waals surface area contributed by atoms with Crippen molar-refractivity contribution in [2.45, 2.75) is 32.7 Å². The summed E-state index contributed by atoms with van der Waals surface area (Å²) in [5.74, 6) is 2.03. The summed E-state index contributed by atoms with van der Waals surface area (Å²) in [6.07, 6.45) is 0. The molecule has 1 saturated heterocycles. The fourth-order valence-electron chi connectivity index (χ4n) is 3.28. The van der Waals surface area contributed by atoms with Crippen LogP contribution >= 0.6 is 11.3 Å². The predicted octanol–water partition coefficient (Wildman–Crippen LogP) is 2.29. The van der Waals surface area contributed by atoms with E-state index in [1.807, 2.05) is 18.4 Å². The number of nitrogens with zero attached hydrogens (tertiary/aromatic N) is 3. The summed E-state index contributed by atoms with van der Waals surface area (Å²) in [4.78, 5) is 10.9. The average Bonchev–Trinajstić information content (AvgIpc) is 3.13. The first kappa shape index (κ1) is 20.2. The van der Waals surface area contributed by atoms with E-state index >= 15 is 0 Å². The summed E-state index contributed by atoms with van der Waals surface area (Å²) in [5.41, 5.74) is 0. The van der Waals surface area contributed by atoms with E-state index in [0.29, 0.717) is 17.9 Å². The molecular formula is C19H35N5S. The minimum Gasteiger partial charge on any atom is -0.356 e. The van der Waals surface area contributed by atoms with Gasteiger partial charge >= 0.3 is 0 Å². The Balaban J connectivity index is 1.81. The van der Waals surface area contributed by atoms with Crippen molar-refractivity contribution in [2.75, 3.05) is 53.4 Å². The van der Waals surface area contributed by atoms with Gasteiger partial charge in [0.05, 0.1) is 0 Å². The highest BCUT2D eigenvalue weighted by Gasteiger charge is 2.25. The maximum absolute atomic E-state index is 4.40. The van der Waals surface area contributed by atoms with E-state index in [2.05, 4.69) is 70.8 Å². The van der Waals surface area contributed by atoms with Crippen molar-refractivity contribution in [3.8, 4) is 0 Å². The van der Waals surface area contributed by atoms with Crippen LogP contribution in [0.25, 0.3) is 0 Å². The lowest BCUT2D eigenvalue weighted by atomic mass is 10.0. The molecule has 1 aliphatic heterocycles. The first-order valence-electron chi connectivity index (χ1n) is 9.41. The lowest BCUT2D eigenvalue weighted by Gasteiger charge is -2.40. The Labute approximate surface area is 157 Å². The number of guanidine groups is 1. The molecule has 6 heteroatoms. The summed E-state index contributed by atoms with van der Waals surface area (Å²) in [6, 6.07) is 4.87. The van der Waals surface area contributed by atoms with Crippen molar-refractivity contribution in [2.24, 2.45) is 10.9 Å². The molecule has 1 aromatic heterocycles. The van der Waals surface area contributed by atoms with Gasteiger partial charge in [-0.15, -0.1) is 11.3 Å². The molecule has 0 aromatic carbocycles. The largest absolute Gasteiger partial charge is 0.356 e. The summed E-state index contributed by atoms with van der Waals surface area (Å²) >= 11 is 1.82. The zero-order valence-corrected chi connectivity index (χ0v) is 17.3. The molecule has 0 bridgehead atoms. The molecule has 5 nitrogen and oxygen atoms in total. The fraction of sp³-hybridized carbons (Fsp3) is 0.737. The first-order valence-corrected chi connectivity index (χ1v) is 10.3. The minimum absolute atomic E-state index is 0.497. The molecule has 1 fully saturated rings. The smallest absolute Gasteiger partial charge is 0.191 e. The van der Waals surface area contributed by atoms with Gasteiger partial charge in [-0.3, -0.25) is 9.89 Å². The van der Waals surface area contributed by atoms with Crippen LogP contribution in [0.3, 0.4) is 0 Å². The Morgan fingerprint density at radius 3 is 2.40 bits per heavy atom. The molecule has 2 atom stereocenters. The summed E-state index contributed by atoms with van der Waals surface area (Å²) in [7, 11) is 4.06. The maximum Gasteiger partial charge on any atom is 0.191 e. The van der Waals surface area contributed by atoms with Gasteiger partial charge in [0.15, 0.2) is 5.96 Å². The summed E-state index contributed by atoms with van der Waals surface area (Å²) in [6.45, 7) is 13.4. The lowest BCUT2D eigenvalue weighted by molar-refractivity contribution is 0.0900. The van der Waals surface area contributed by atoms with Crippen LogP contribution in [0.5, 0.6) is 0 Å². The van der Waals surface area contributed by atoms with Gasteiger partial charge in [0, 0.05) is 63.2 Å². The number of rotatable bonds is 7. The molecule has 2 unspecified atom stereocenters. The second-order valence-corrected chi connectivity index (χ2v) is 8.38. The molecule has 1 aromatic rings. The van der Waals surface area contributed by atoms with Crippen LogP contribution in [0.15, 0.2) is 22.5 Å². The van der Waals surface area contributed by atoms with Crippen LogP contribution in [0.2, 0.25) is 0 Å². The quantitative estimate of drug-likeness (QED) is 0.575. The number of piperazine rings is 1. The molecular weight excluding hydrogens is 330 g/mol. The summed E-state index contributed by atoms with van der Waals surface area (Å²) < 4.78 is 0. The second-order valence-electron chi connectivity index (χ2n) is 7.40. The SMILES string of the molecule is CN=C(NCC(C)c1cccs1)NCC(C(C)C)N1CCN(C)CC1. The number of hydrogen-bond donors (Lipinski definition) is 2. The molecule has 0 radical (unpaired) electrons. The van der Waals surface area contributed by atoms with Gasteiger partial charge in [0.25, 0.3) is 0 Å². The molecule has 2 rings (SSSR count). The van der Waals surface area contributed by atoms with Crippen molar-refractivity contribution < 1.29 is 0 Å². The molecule has 142 valence electrons. The number of likely N-dealkylation sites (N-methyl/N-ethyl adjacent to an activating group) is 1. The molecule has 2 N–H and O–H groups in total. The highest BCUT2D eigenvalue weighted by Crippen LogP contribution is 2.19. The second kappa shape index (κ2) is 10.1. The maximum atomic E-state index is 4.40. The molecule has 0 saturated carbocycles. The van der Waals surface area contributed by atoms with E-state index in [1.165, 1.54) is 4.88 Å². The Hall–Kier alpha value is -1.11. The predicted molar refractivity (Wildman–Crippen MR) is 110 cm³/mol. The zero-order chi connectivity index (χ0) is 18.2. The Bertz CT molecular complexity index is 506. The van der Waals surface area contributed by atoms with Crippen molar-refractivity contribution in [3.05, 3.63) is 22.4 Å². The van der Waals surface area contributed by atoms with Crippen LogP contribution in [-0.4, -0.2) is 75.2 Å². The topological polar surface area (TPSA) is 42.9 Å². The van der Waals surface area contributed by atoms with Gasteiger partial charge in [-0.25, -0.2) is 0 Å². The van der Waals surface area contributed by atoms with Crippen LogP contribution in [0.4, 0.5) is 0 Å². The van der Waals surface area contributed by atoms with E-state index < -0.39 is 0 Å². The number of nitrogens with one attached hydrogen (secondary N) is 2. The third kappa shape index (κ3) is 6.28. The highest BCUT2D eigenvalue weighted by atomic mass is 32.1. The number of thiophene rings is 1. The van der Waals surface area contributed by atoms with Gasteiger partial charge in [-0.1, -0.05) is 26.8 Å². The van der Waals surface area contributed by atoms with Gasteiger partial charge in [-0.05, 0) is 24.4 Å².